The first-order valence-electron chi connectivity index (χ1n) is 14.0. The lowest BCUT2D eigenvalue weighted by Crippen LogP contribution is -2.48. The van der Waals surface area contributed by atoms with Crippen molar-refractivity contribution in [2.24, 2.45) is 5.92 Å². The minimum atomic E-state index is -0.0627. The molecule has 4 unspecified atom stereocenters. The van der Waals surface area contributed by atoms with E-state index in [1.165, 1.54) is 56.2 Å². The number of likely N-dealkylation sites (tertiary alicyclic amines) is 1. The molecule has 0 radical (unpaired) electrons. The van der Waals surface area contributed by atoms with Gasteiger partial charge in [-0.1, -0.05) is 48.5 Å². The molecule has 1 amide bonds. The zero-order valence-electron chi connectivity index (χ0n) is 21.6. The Labute approximate surface area is 212 Å². The summed E-state index contributed by atoms with van der Waals surface area (Å²) in [5, 5.41) is 2.12. The van der Waals surface area contributed by atoms with Gasteiger partial charge in [-0.15, -0.1) is 6.58 Å². The van der Waals surface area contributed by atoms with Crippen molar-refractivity contribution in [2.75, 3.05) is 32.7 Å². The van der Waals surface area contributed by atoms with Crippen molar-refractivity contribution in [3.63, 3.8) is 0 Å². The standard InChI is InChI=1S/C30H44N4O/c1-3-17-32-20-16-27-14-15-28(22-32)34(27)29(26-9-7-8-23(2)21-26)24-10-12-25(13-11-24)30(35)31-33-18-5-4-6-19-33/h3,8,10-12,21,25,27-29H,1,4-7,9,13-20,22H2,2H3,(H,31,35). The smallest absolute Gasteiger partial charge is 0.241 e. The third-order valence-electron chi connectivity index (χ3n) is 8.68. The van der Waals surface area contributed by atoms with Crippen LogP contribution in [0.15, 0.2) is 59.8 Å². The van der Waals surface area contributed by atoms with Crippen LogP contribution in [-0.2, 0) is 4.79 Å². The van der Waals surface area contributed by atoms with Crippen LogP contribution >= 0.6 is 0 Å². The van der Waals surface area contributed by atoms with Crippen LogP contribution in [0.3, 0.4) is 0 Å². The number of allylic oxidation sites excluding steroid dienone is 4. The fourth-order valence-corrected chi connectivity index (χ4v) is 6.91. The minimum absolute atomic E-state index is 0.0627. The van der Waals surface area contributed by atoms with Crippen molar-refractivity contribution >= 4 is 5.91 Å². The van der Waals surface area contributed by atoms with Gasteiger partial charge in [0.25, 0.3) is 0 Å². The summed E-state index contributed by atoms with van der Waals surface area (Å²) in [5.74, 6) is 0.0906. The molecule has 0 aromatic rings. The van der Waals surface area contributed by atoms with Gasteiger partial charge in [-0.25, -0.2) is 5.01 Å². The van der Waals surface area contributed by atoms with Crippen LogP contribution in [0, 0.1) is 5.92 Å². The molecule has 0 spiro atoms. The number of carbonyl (C=O) groups is 1. The summed E-state index contributed by atoms with van der Waals surface area (Å²) < 4.78 is 0. The Morgan fingerprint density at radius 3 is 2.71 bits per heavy atom. The highest BCUT2D eigenvalue weighted by molar-refractivity contribution is 5.80. The molecule has 5 aliphatic rings. The second-order valence-corrected chi connectivity index (χ2v) is 11.2. The SMILES string of the molecule is C=CCN1CCC2CCC(C1)N2C(C1=CCC(C(=O)NN2CCCCC2)C=C1)C1=CC(C)=CCC1. The molecule has 2 aliphatic carbocycles. The van der Waals surface area contributed by atoms with Gasteiger partial charge in [-0.3, -0.25) is 20.0 Å². The van der Waals surface area contributed by atoms with Crippen LogP contribution in [-0.4, -0.2) is 71.6 Å². The van der Waals surface area contributed by atoms with E-state index in [9.17, 15) is 4.79 Å². The van der Waals surface area contributed by atoms with E-state index in [1.54, 1.807) is 5.57 Å². The molecule has 5 rings (SSSR count). The van der Waals surface area contributed by atoms with Crippen LogP contribution in [0.4, 0.5) is 0 Å². The summed E-state index contributed by atoms with van der Waals surface area (Å²) in [4.78, 5) is 18.4. The lowest BCUT2D eigenvalue weighted by atomic mass is 9.84. The van der Waals surface area contributed by atoms with Crippen LogP contribution in [0.2, 0.25) is 0 Å². The molecule has 3 heterocycles. The van der Waals surface area contributed by atoms with Crippen LogP contribution in [0.5, 0.6) is 0 Å². The van der Waals surface area contributed by atoms with Crippen LogP contribution in [0.1, 0.15) is 64.7 Å². The average Bonchev–Trinajstić information content (AvgIpc) is 3.16. The number of hydrazine groups is 1. The number of amides is 1. The molecule has 5 nitrogen and oxygen atoms in total. The topological polar surface area (TPSA) is 38.8 Å². The Kier molecular flexibility index (Phi) is 8.06. The Hall–Kier alpha value is -1.95. The maximum atomic E-state index is 13.0. The van der Waals surface area contributed by atoms with E-state index >= 15 is 0 Å². The third kappa shape index (κ3) is 5.73. The van der Waals surface area contributed by atoms with E-state index in [0.717, 1.165) is 45.4 Å². The molecule has 1 N–H and O–H groups in total. The summed E-state index contributed by atoms with van der Waals surface area (Å²) >= 11 is 0. The molecule has 0 aromatic heterocycles. The fourth-order valence-electron chi connectivity index (χ4n) is 6.91. The molecule has 3 aliphatic heterocycles. The van der Waals surface area contributed by atoms with Crippen molar-refractivity contribution in [3.8, 4) is 0 Å². The normalized spacial score (nSPS) is 31.2. The van der Waals surface area contributed by atoms with Gasteiger partial charge in [-0.05, 0) is 69.4 Å². The third-order valence-corrected chi connectivity index (χ3v) is 8.68. The molecular formula is C30H44N4O. The maximum absolute atomic E-state index is 13.0. The van der Waals surface area contributed by atoms with Crippen molar-refractivity contribution in [1.29, 1.82) is 0 Å². The maximum Gasteiger partial charge on any atom is 0.241 e. The lowest BCUT2D eigenvalue weighted by molar-refractivity contribution is -0.128. The predicted octanol–water partition coefficient (Wildman–Crippen LogP) is 4.77. The van der Waals surface area contributed by atoms with Gasteiger partial charge in [-0.2, -0.15) is 0 Å². The monoisotopic (exact) mass is 476 g/mol. The second kappa shape index (κ2) is 11.4. The Morgan fingerprint density at radius 2 is 1.97 bits per heavy atom. The first-order chi connectivity index (χ1) is 17.1. The highest BCUT2D eigenvalue weighted by Gasteiger charge is 2.43. The minimum Gasteiger partial charge on any atom is -0.298 e. The predicted molar refractivity (Wildman–Crippen MR) is 144 cm³/mol. The number of rotatable bonds is 7. The summed E-state index contributed by atoms with van der Waals surface area (Å²) in [5.41, 5.74) is 7.55. The summed E-state index contributed by atoms with van der Waals surface area (Å²) in [7, 11) is 0. The van der Waals surface area contributed by atoms with Crippen molar-refractivity contribution in [3.05, 3.63) is 59.8 Å². The van der Waals surface area contributed by atoms with Gasteiger partial charge < -0.3 is 0 Å². The molecule has 0 aromatic carbocycles. The van der Waals surface area contributed by atoms with E-state index in [1.807, 2.05) is 0 Å². The fraction of sp³-hybridized carbons (Fsp3) is 0.633. The van der Waals surface area contributed by atoms with E-state index in [4.69, 9.17) is 0 Å². The van der Waals surface area contributed by atoms with Gasteiger partial charge in [0, 0.05) is 44.8 Å². The number of hydrogen-bond donors (Lipinski definition) is 1. The zero-order chi connectivity index (χ0) is 24.2. The van der Waals surface area contributed by atoms with Gasteiger partial charge in [0.2, 0.25) is 5.91 Å². The summed E-state index contributed by atoms with van der Waals surface area (Å²) in [6.07, 6.45) is 24.3. The Balaban J connectivity index is 1.35. The van der Waals surface area contributed by atoms with Crippen LogP contribution < -0.4 is 5.43 Å². The Morgan fingerprint density at radius 1 is 1.14 bits per heavy atom. The quantitative estimate of drug-likeness (QED) is 0.538. The average molecular weight is 477 g/mol. The first-order valence-corrected chi connectivity index (χ1v) is 14.0. The number of nitrogens with zero attached hydrogens (tertiary/aromatic N) is 3. The lowest BCUT2D eigenvalue weighted by Gasteiger charge is -2.40. The van der Waals surface area contributed by atoms with Gasteiger partial charge in [0.15, 0.2) is 0 Å². The van der Waals surface area contributed by atoms with Crippen molar-refractivity contribution in [2.45, 2.75) is 82.8 Å². The summed E-state index contributed by atoms with van der Waals surface area (Å²) in [6, 6.07) is 1.57. The first kappa shape index (κ1) is 24.7. The molecule has 5 heteroatoms. The molecule has 3 fully saturated rings. The molecule has 35 heavy (non-hydrogen) atoms. The number of fused-ring (bicyclic) bond motifs is 2. The molecular weight excluding hydrogens is 432 g/mol. The van der Waals surface area contributed by atoms with Gasteiger partial charge >= 0.3 is 0 Å². The van der Waals surface area contributed by atoms with Crippen LogP contribution in [0.25, 0.3) is 0 Å². The van der Waals surface area contributed by atoms with E-state index in [-0.39, 0.29) is 11.8 Å². The zero-order valence-corrected chi connectivity index (χ0v) is 21.6. The molecule has 4 atom stereocenters. The van der Waals surface area contributed by atoms with Gasteiger partial charge in [0.1, 0.15) is 0 Å². The number of nitrogens with one attached hydrogen (secondary N) is 1. The van der Waals surface area contributed by atoms with E-state index in [2.05, 4.69) is 70.2 Å². The number of carbonyl (C=O) groups excluding carboxylic acids is 1. The number of piperidine rings is 1. The van der Waals surface area contributed by atoms with Crippen molar-refractivity contribution < 1.29 is 4.79 Å². The largest absolute Gasteiger partial charge is 0.298 e. The molecule has 0 saturated carbocycles. The van der Waals surface area contributed by atoms with Gasteiger partial charge in [0.05, 0.1) is 12.0 Å². The Bertz CT molecular complexity index is 909. The highest BCUT2D eigenvalue weighted by atomic mass is 16.2. The second-order valence-electron chi connectivity index (χ2n) is 11.2. The molecule has 3 saturated heterocycles. The highest BCUT2D eigenvalue weighted by Crippen LogP contribution is 2.40. The van der Waals surface area contributed by atoms with E-state index in [0.29, 0.717) is 18.1 Å². The number of hydrogen-bond acceptors (Lipinski definition) is 4. The van der Waals surface area contributed by atoms with Crippen molar-refractivity contribution in [1.82, 2.24) is 20.2 Å². The molecule has 190 valence electrons. The molecule has 2 bridgehead atoms. The summed E-state index contributed by atoms with van der Waals surface area (Å²) in [6.45, 7) is 11.5. The van der Waals surface area contributed by atoms with E-state index < -0.39 is 0 Å².